The lowest BCUT2D eigenvalue weighted by Crippen LogP contribution is -2.32. The van der Waals surface area contributed by atoms with E-state index in [2.05, 4.69) is 11.1 Å². The van der Waals surface area contributed by atoms with Gasteiger partial charge in [0.15, 0.2) is 11.6 Å². The van der Waals surface area contributed by atoms with E-state index in [0.29, 0.717) is 0 Å². The van der Waals surface area contributed by atoms with Crippen LogP contribution < -0.4 is 4.90 Å². The van der Waals surface area contributed by atoms with E-state index < -0.39 is 5.82 Å². The van der Waals surface area contributed by atoms with Crippen molar-refractivity contribution in [2.75, 3.05) is 11.9 Å². The molecule has 0 aliphatic rings. The molecule has 2 heterocycles. The number of hydrogen-bond donors (Lipinski definition) is 1. The van der Waals surface area contributed by atoms with Crippen LogP contribution in [0.4, 0.5) is 10.2 Å². The molecule has 0 radical (unpaired) electrons. The fourth-order valence-electron chi connectivity index (χ4n) is 1.90. The van der Waals surface area contributed by atoms with Crippen LogP contribution in [0.5, 0.6) is 0 Å². The maximum Gasteiger partial charge on any atom is 0.171 e. The van der Waals surface area contributed by atoms with Crippen molar-refractivity contribution in [3.8, 4) is 0 Å². The van der Waals surface area contributed by atoms with Crippen molar-refractivity contribution in [3.63, 3.8) is 0 Å². The van der Waals surface area contributed by atoms with Gasteiger partial charge in [-0.15, -0.1) is 11.3 Å². The first-order valence-corrected chi connectivity index (χ1v) is 7.01. The van der Waals surface area contributed by atoms with Gasteiger partial charge in [-0.2, -0.15) is 0 Å². The maximum atomic E-state index is 14.1. The minimum Gasteiger partial charge on any atom is -0.392 e. The Bertz CT molecular complexity index is 530. The first-order valence-electron chi connectivity index (χ1n) is 6.13. The predicted octanol–water partition coefficient (Wildman–Crippen LogP) is 2.84. The zero-order valence-electron chi connectivity index (χ0n) is 11.0. The molecule has 0 aliphatic heterocycles. The number of aliphatic hydroxyl groups is 1. The van der Waals surface area contributed by atoms with Crippen molar-refractivity contribution in [2.24, 2.45) is 0 Å². The SMILES string of the molecule is CC(Cc1cccs1)N(C)c1nccc(CO)c1F. The summed E-state index contributed by atoms with van der Waals surface area (Å²) >= 11 is 1.69. The van der Waals surface area contributed by atoms with Crippen LogP contribution in [0.3, 0.4) is 0 Å². The molecule has 0 fully saturated rings. The summed E-state index contributed by atoms with van der Waals surface area (Å²) in [5, 5.41) is 11.1. The number of halogens is 1. The summed E-state index contributed by atoms with van der Waals surface area (Å²) in [7, 11) is 1.82. The lowest BCUT2D eigenvalue weighted by Gasteiger charge is -2.26. The fourth-order valence-corrected chi connectivity index (χ4v) is 2.73. The van der Waals surface area contributed by atoms with Crippen LogP contribution in [0.25, 0.3) is 0 Å². The summed E-state index contributed by atoms with van der Waals surface area (Å²) in [6.45, 7) is 1.72. The summed E-state index contributed by atoms with van der Waals surface area (Å²) in [5.74, 6) is -0.152. The molecule has 2 aromatic rings. The number of pyridine rings is 1. The highest BCUT2D eigenvalue weighted by Gasteiger charge is 2.18. The van der Waals surface area contributed by atoms with Crippen molar-refractivity contribution in [1.82, 2.24) is 4.98 Å². The minimum atomic E-state index is -0.439. The fraction of sp³-hybridized carbons (Fsp3) is 0.357. The van der Waals surface area contributed by atoms with Crippen molar-refractivity contribution in [1.29, 1.82) is 0 Å². The third kappa shape index (κ3) is 3.11. The van der Waals surface area contributed by atoms with Crippen molar-refractivity contribution < 1.29 is 9.50 Å². The molecule has 0 spiro atoms. The Morgan fingerprint density at radius 2 is 2.26 bits per heavy atom. The van der Waals surface area contributed by atoms with Gasteiger partial charge in [0.05, 0.1) is 6.61 Å². The number of hydrogen-bond acceptors (Lipinski definition) is 4. The second-order valence-corrected chi connectivity index (χ2v) is 5.54. The summed E-state index contributed by atoms with van der Waals surface area (Å²) in [5.41, 5.74) is 0.278. The molecule has 2 aromatic heterocycles. The van der Waals surface area contributed by atoms with E-state index >= 15 is 0 Å². The molecule has 1 atom stereocenters. The topological polar surface area (TPSA) is 36.4 Å². The summed E-state index contributed by atoms with van der Waals surface area (Å²) in [6.07, 6.45) is 2.37. The number of aromatic nitrogens is 1. The standard InChI is InChI=1S/C14H17FN2OS/c1-10(8-12-4-3-7-19-12)17(2)14-13(15)11(9-18)5-6-16-14/h3-7,10,18H,8-9H2,1-2H3. The van der Waals surface area contributed by atoms with Gasteiger partial charge >= 0.3 is 0 Å². The number of nitrogens with zero attached hydrogens (tertiary/aromatic N) is 2. The Labute approximate surface area is 116 Å². The molecule has 5 heteroatoms. The first kappa shape index (κ1) is 14.0. The van der Waals surface area contributed by atoms with Gasteiger partial charge in [0.1, 0.15) is 0 Å². The minimum absolute atomic E-state index is 0.134. The van der Waals surface area contributed by atoms with Gasteiger partial charge in [-0.05, 0) is 24.4 Å². The normalized spacial score (nSPS) is 12.4. The van der Waals surface area contributed by atoms with Crippen LogP contribution in [0, 0.1) is 5.82 Å². The van der Waals surface area contributed by atoms with Gasteiger partial charge in [0.2, 0.25) is 0 Å². The van der Waals surface area contributed by atoms with E-state index in [0.717, 1.165) is 6.42 Å². The molecular formula is C14H17FN2OS. The molecule has 0 aliphatic carbocycles. The Morgan fingerprint density at radius 1 is 1.47 bits per heavy atom. The molecule has 0 saturated carbocycles. The Morgan fingerprint density at radius 3 is 2.89 bits per heavy atom. The largest absolute Gasteiger partial charge is 0.392 e. The zero-order valence-corrected chi connectivity index (χ0v) is 11.8. The quantitative estimate of drug-likeness (QED) is 0.915. The second-order valence-electron chi connectivity index (χ2n) is 4.51. The molecule has 0 aromatic carbocycles. The van der Waals surface area contributed by atoms with Crippen molar-refractivity contribution in [3.05, 3.63) is 46.0 Å². The Balaban J connectivity index is 2.16. The van der Waals surface area contributed by atoms with Crippen LogP contribution >= 0.6 is 11.3 Å². The number of likely N-dealkylation sites (N-methyl/N-ethyl adjacent to an activating group) is 1. The molecule has 1 unspecified atom stereocenters. The van der Waals surface area contributed by atoms with Crippen LogP contribution in [0.15, 0.2) is 29.8 Å². The summed E-state index contributed by atoms with van der Waals surface area (Å²) < 4.78 is 14.1. The first-order chi connectivity index (χ1) is 9.13. The molecule has 2 rings (SSSR count). The van der Waals surface area contributed by atoms with Gasteiger partial charge in [-0.25, -0.2) is 9.37 Å². The molecule has 3 nitrogen and oxygen atoms in total. The van der Waals surface area contributed by atoms with Gasteiger partial charge < -0.3 is 10.0 Å². The van der Waals surface area contributed by atoms with Gasteiger partial charge in [0, 0.05) is 36.1 Å². The molecule has 102 valence electrons. The van der Waals surface area contributed by atoms with E-state index in [-0.39, 0.29) is 24.0 Å². The van der Waals surface area contributed by atoms with E-state index in [4.69, 9.17) is 5.11 Å². The molecule has 19 heavy (non-hydrogen) atoms. The van der Waals surface area contributed by atoms with E-state index in [1.807, 2.05) is 30.3 Å². The number of aliphatic hydroxyl groups excluding tert-OH is 1. The van der Waals surface area contributed by atoms with Gasteiger partial charge in [-0.1, -0.05) is 6.07 Å². The van der Waals surface area contributed by atoms with Gasteiger partial charge in [0.25, 0.3) is 0 Å². The molecule has 0 amide bonds. The second kappa shape index (κ2) is 6.12. The van der Waals surface area contributed by atoms with Crippen LogP contribution in [-0.2, 0) is 13.0 Å². The zero-order chi connectivity index (χ0) is 13.8. The number of rotatable bonds is 5. The monoisotopic (exact) mass is 280 g/mol. The molecule has 0 saturated heterocycles. The Hall–Kier alpha value is -1.46. The third-order valence-electron chi connectivity index (χ3n) is 3.19. The summed E-state index contributed by atoms with van der Waals surface area (Å²) in [4.78, 5) is 7.16. The van der Waals surface area contributed by atoms with Crippen LogP contribution in [0.1, 0.15) is 17.4 Å². The average molecular weight is 280 g/mol. The van der Waals surface area contributed by atoms with Gasteiger partial charge in [-0.3, -0.25) is 0 Å². The average Bonchev–Trinajstić information content (AvgIpc) is 2.91. The van der Waals surface area contributed by atoms with Crippen molar-refractivity contribution in [2.45, 2.75) is 26.0 Å². The van der Waals surface area contributed by atoms with Crippen molar-refractivity contribution >= 4 is 17.2 Å². The lowest BCUT2D eigenvalue weighted by atomic mass is 10.1. The van der Waals surface area contributed by atoms with Crippen LogP contribution in [0.2, 0.25) is 0 Å². The molecule has 1 N–H and O–H groups in total. The molecule has 0 bridgehead atoms. The predicted molar refractivity (Wildman–Crippen MR) is 76.0 cm³/mol. The Kier molecular flexibility index (Phi) is 4.50. The van der Waals surface area contributed by atoms with Crippen LogP contribution in [-0.4, -0.2) is 23.2 Å². The molecular weight excluding hydrogens is 263 g/mol. The van der Waals surface area contributed by atoms with E-state index in [9.17, 15) is 4.39 Å². The smallest absolute Gasteiger partial charge is 0.171 e. The highest BCUT2D eigenvalue weighted by Crippen LogP contribution is 2.22. The summed E-state index contributed by atoms with van der Waals surface area (Å²) in [6, 6.07) is 5.71. The number of thiophene rings is 1. The highest BCUT2D eigenvalue weighted by atomic mass is 32.1. The highest BCUT2D eigenvalue weighted by molar-refractivity contribution is 7.09. The number of anilines is 1. The van der Waals surface area contributed by atoms with E-state index in [1.54, 1.807) is 11.3 Å². The third-order valence-corrected chi connectivity index (χ3v) is 4.09. The van der Waals surface area contributed by atoms with E-state index in [1.165, 1.54) is 17.1 Å². The maximum absolute atomic E-state index is 14.1. The lowest BCUT2D eigenvalue weighted by molar-refractivity contribution is 0.275.